The summed E-state index contributed by atoms with van der Waals surface area (Å²) in [5, 5.41) is 9.61. The van der Waals surface area contributed by atoms with Crippen LogP contribution >= 0.6 is 11.8 Å². The molecule has 4 rings (SSSR count). The van der Waals surface area contributed by atoms with Crippen molar-refractivity contribution in [2.24, 2.45) is 0 Å². The molecule has 4 nitrogen and oxygen atoms in total. The summed E-state index contributed by atoms with van der Waals surface area (Å²) < 4.78 is 0. The Morgan fingerprint density at radius 3 is 2.48 bits per heavy atom. The van der Waals surface area contributed by atoms with Crippen molar-refractivity contribution < 1.29 is 4.79 Å². The molecule has 5 heteroatoms. The molecule has 1 aliphatic rings. The lowest BCUT2D eigenvalue weighted by atomic mass is 10.1. The Hall–Kier alpha value is -2.66. The van der Waals surface area contributed by atoms with Crippen LogP contribution in [-0.4, -0.2) is 34.1 Å². The van der Waals surface area contributed by atoms with Crippen LogP contribution in [0, 0.1) is 6.92 Å². The molecule has 0 saturated carbocycles. The second-order valence-electron chi connectivity index (χ2n) is 7.46. The summed E-state index contributed by atoms with van der Waals surface area (Å²) in [6.07, 6.45) is 3.45. The van der Waals surface area contributed by atoms with E-state index in [9.17, 15) is 4.79 Å². The van der Waals surface area contributed by atoms with Crippen molar-refractivity contribution in [3.63, 3.8) is 0 Å². The van der Waals surface area contributed by atoms with E-state index in [1.807, 2.05) is 35.2 Å². The number of amides is 1. The van der Waals surface area contributed by atoms with Crippen LogP contribution in [0.3, 0.4) is 0 Å². The first-order chi connectivity index (χ1) is 14.2. The monoisotopic (exact) mass is 403 g/mol. The molecule has 0 unspecified atom stereocenters. The van der Waals surface area contributed by atoms with Gasteiger partial charge in [-0.05, 0) is 56.0 Å². The first-order valence-corrected chi connectivity index (χ1v) is 11.1. The van der Waals surface area contributed by atoms with Gasteiger partial charge in [0, 0.05) is 30.0 Å². The number of carbonyl (C=O) groups excluding carboxylic acids is 1. The van der Waals surface area contributed by atoms with E-state index >= 15 is 0 Å². The van der Waals surface area contributed by atoms with E-state index in [0.717, 1.165) is 59.1 Å². The normalized spacial score (nSPS) is 14.0. The van der Waals surface area contributed by atoms with Gasteiger partial charge < -0.3 is 4.90 Å². The fourth-order valence-electron chi connectivity index (χ4n) is 3.51. The first-order valence-electron chi connectivity index (χ1n) is 10.1. The Morgan fingerprint density at radius 2 is 1.76 bits per heavy atom. The summed E-state index contributed by atoms with van der Waals surface area (Å²) in [5.41, 5.74) is 5.09. The third-order valence-electron chi connectivity index (χ3n) is 5.19. The van der Waals surface area contributed by atoms with E-state index in [2.05, 4.69) is 47.5 Å². The number of likely N-dealkylation sites (tertiary alicyclic amines) is 1. The average molecular weight is 404 g/mol. The molecule has 1 saturated heterocycles. The van der Waals surface area contributed by atoms with Crippen molar-refractivity contribution in [3.05, 3.63) is 77.4 Å². The van der Waals surface area contributed by atoms with Gasteiger partial charge in [-0.15, -0.1) is 10.2 Å². The molecule has 148 valence electrons. The highest BCUT2D eigenvalue weighted by atomic mass is 32.2. The lowest BCUT2D eigenvalue weighted by Gasteiger charge is -2.26. The van der Waals surface area contributed by atoms with E-state index in [-0.39, 0.29) is 5.91 Å². The number of aromatic nitrogens is 2. The van der Waals surface area contributed by atoms with Crippen LogP contribution in [-0.2, 0) is 5.75 Å². The lowest BCUT2D eigenvalue weighted by Crippen LogP contribution is -2.35. The quantitative estimate of drug-likeness (QED) is 0.537. The maximum atomic E-state index is 12.7. The molecule has 2 aromatic carbocycles. The van der Waals surface area contributed by atoms with Gasteiger partial charge in [-0.25, -0.2) is 0 Å². The number of piperidine rings is 1. The molecule has 1 fully saturated rings. The van der Waals surface area contributed by atoms with Crippen molar-refractivity contribution in [3.8, 4) is 11.3 Å². The van der Waals surface area contributed by atoms with Crippen LogP contribution in [0.4, 0.5) is 0 Å². The molecule has 1 amide bonds. The van der Waals surface area contributed by atoms with Crippen LogP contribution in [0.5, 0.6) is 0 Å². The molecule has 0 radical (unpaired) electrons. The van der Waals surface area contributed by atoms with Gasteiger partial charge in [0.05, 0.1) is 5.69 Å². The Balaban J connectivity index is 1.38. The maximum absolute atomic E-state index is 12.7. The minimum atomic E-state index is 0.152. The number of rotatable bonds is 5. The molecule has 2 heterocycles. The van der Waals surface area contributed by atoms with Crippen molar-refractivity contribution >= 4 is 17.7 Å². The number of thioether (sulfide) groups is 1. The number of nitrogens with zero attached hydrogens (tertiary/aromatic N) is 3. The number of hydrogen-bond acceptors (Lipinski definition) is 4. The third-order valence-corrected chi connectivity index (χ3v) is 6.18. The third kappa shape index (κ3) is 5.04. The van der Waals surface area contributed by atoms with E-state index in [1.54, 1.807) is 11.8 Å². The SMILES string of the molecule is Cc1ccc(-c2ccc(SCc3cccc(C(=O)N4CCCCC4)c3)nn2)cc1. The molecule has 3 aromatic rings. The van der Waals surface area contributed by atoms with E-state index in [4.69, 9.17) is 0 Å². The molecule has 0 atom stereocenters. The number of hydrogen-bond donors (Lipinski definition) is 0. The molecule has 0 aliphatic carbocycles. The summed E-state index contributed by atoms with van der Waals surface area (Å²) >= 11 is 1.64. The average Bonchev–Trinajstić information content (AvgIpc) is 2.79. The predicted molar refractivity (Wildman–Crippen MR) is 118 cm³/mol. The van der Waals surface area contributed by atoms with Gasteiger partial charge in [0.25, 0.3) is 5.91 Å². The van der Waals surface area contributed by atoms with Crippen molar-refractivity contribution in [1.29, 1.82) is 0 Å². The molecular weight excluding hydrogens is 378 g/mol. The highest BCUT2D eigenvalue weighted by molar-refractivity contribution is 7.98. The van der Waals surface area contributed by atoms with Gasteiger partial charge in [-0.1, -0.05) is 53.7 Å². The summed E-state index contributed by atoms with van der Waals surface area (Å²) in [6, 6.07) is 20.3. The summed E-state index contributed by atoms with van der Waals surface area (Å²) in [5.74, 6) is 0.915. The predicted octanol–water partition coefficient (Wildman–Crippen LogP) is 5.37. The maximum Gasteiger partial charge on any atom is 0.253 e. The topological polar surface area (TPSA) is 46.1 Å². The van der Waals surface area contributed by atoms with E-state index < -0.39 is 0 Å². The van der Waals surface area contributed by atoms with Gasteiger partial charge >= 0.3 is 0 Å². The van der Waals surface area contributed by atoms with Crippen LogP contribution in [0.25, 0.3) is 11.3 Å². The molecule has 29 heavy (non-hydrogen) atoms. The van der Waals surface area contributed by atoms with Crippen molar-refractivity contribution in [2.45, 2.75) is 37.0 Å². The number of carbonyl (C=O) groups is 1. The first kappa shape index (κ1) is 19.6. The molecular formula is C24H25N3OS. The second kappa shape index (κ2) is 9.23. The zero-order valence-corrected chi connectivity index (χ0v) is 17.5. The highest BCUT2D eigenvalue weighted by Gasteiger charge is 2.18. The zero-order chi connectivity index (χ0) is 20.1. The summed E-state index contributed by atoms with van der Waals surface area (Å²) in [4.78, 5) is 14.7. The molecule has 1 aliphatic heterocycles. The van der Waals surface area contributed by atoms with Crippen LogP contribution in [0.15, 0.2) is 65.7 Å². The van der Waals surface area contributed by atoms with Crippen LogP contribution < -0.4 is 0 Å². The van der Waals surface area contributed by atoms with Gasteiger partial charge in [-0.2, -0.15) is 0 Å². The molecule has 0 spiro atoms. The molecule has 0 bridgehead atoms. The van der Waals surface area contributed by atoms with Crippen molar-refractivity contribution in [2.75, 3.05) is 13.1 Å². The number of benzene rings is 2. The van der Waals surface area contributed by atoms with Gasteiger partial charge in [0.15, 0.2) is 0 Å². The van der Waals surface area contributed by atoms with Gasteiger partial charge in [0.1, 0.15) is 5.03 Å². The van der Waals surface area contributed by atoms with Gasteiger partial charge in [-0.3, -0.25) is 4.79 Å². The summed E-state index contributed by atoms with van der Waals surface area (Å²) in [7, 11) is 0. The van der Waals surface area contributed by atoms with Crippen LogP contribution in [0.2, 0.25) is 0 Å². The largest absolute Gasteiger partial charge is 0.339 e. The van der Waals surface area contributed by atoms with Crippen LogP contribution in [0.1, 0.15) is 40.7 Å². The second-order valence-corrected chi connectivity index (χ2v) is 8.46. The fourth-order valence-corrected chi connectivity index (χ4v) is 4.26. The minimum Gasteiger partial charge on any atom is -0.339 e. The van der Waals surface area contributed by atoms with Crippen molar-refractivity contribution in [1.82, 2.24) is 15.1 Å². The fraction of sp³-hybridized carbons (Fsp3) is 0.292. The van der Waals surface area contributed by atoms with E-state index in [1.165, 1.54) is 12.0 Å². The number of aryl methyl sites for hydroxylation is 1. The van der Waals surface area contributed by atoms with E-state index in [0.29, 0.717) is 0 Å². The standard InChI is InChI=1S/C24H25N3OS/c1-18-8-10-20(11-9-18)22-12-13-23(26-25-22)29-17-19-6-5-7-21(16-19)24(28)27-14-3-2-4-15-27/h5-13,16H,2-4,14-15,17H2,1H3. The molecule has 0 N–H and O–H groups in total. The zero-order valence-electron chi connectivity index (χ0n) is 16.7. The Labute approximate surface area is 176 Å². The van der Waals surface area contributed by atoms with Gasteiger partial charge in [0.2, 0.25) is 0 Å². The smallest absolute Gasteiger partial charge is 0.253 e. The Bertz CT molecular complexity index is 964. The minimum absolute atomic E-state index is 0.152. The lowest BCUT2D eigenvalue weighted by molar-refractivity contribution is 0.0724. The Morgan fingerprint density at radius 1 is 0.966 bits per heavy atom. The molecule has 1 aromatic heterocycles. The highest BCUT2D eigenvalue weighted by Crippen LogP contribution is 2.24. The summed E-state index contributed by atoms with van der Waals surface area (Å²) in [6.45, 7) is 3.83. The Kier molecular flexibility index (Phi) is 6.25.